The molecule has 0 aliphatic carbocycles. The lowest BCUT2D eigenvalue weighted by Crippen LogP contribution is -2.38. The summed E-state index contributed by atoms with van der Waals surface area (Å²) in [6, 6.07) is 7.12. The van der Waals surface area contributed by atoms with E-state index in [1.165, 1.54) is 25.7 Å². The average Bonchev–Trinajstić information content (AvgIpc) is 2.70. The van der Waals surface area contributed by atoms with Crippen molar-refractivity contribution >= 4 is 5.78 Å². The van der Waals surface area contributed by atoms with E-state index in [-0.39, 0.29) is 0 Å². The standard InChI is InChI=1S/C15H20N2O/c18-15(10-12-3-1-2-6-16-12)9-11-7-13-4-5-14(8-11)17-13/h1-3,6,11,13-14,17H,4-5,7-10H2. The first kappa shape index (κ1) is 11.8. The number of aromatic nitrogens is 1. The zero-order valence-corrected chi connectivity index (χ0v) is 10.6. The van der Waals surface area contributed by atoms with Crippen molar-refractivity contribution in [1.29, 1.82) is 0 Å². The number of hydrogen-bond donors (Lipinski definition) is 1. The van der Waals surface area contributed by atoms with Crippen LogP contribution in [0.1, 0.15) is 37.8 Å². The van der Waals surface area contributed by atoms with E-state index in [0.29, 0.717) is 30.2 Å². The highest BCUT2D eigenvalue weighted by atomic mass is 16.1. The third kappa shape index (κ3) is 2.78. The van der Waals surface area contributed by atoms with Crippen LogP contribution in [0.25, 0.3) is 0 Å². The fraction of sp³-hybridized carbons (Fsp3) is 0.600. The number of nitrogens with zero attached hydrogens (tertiary/aromatic N) is 1. The summed E-state index contributed by atoms with van der Waals surface area (Å²) in [6.07, 6.45) is 7.97. The zero-order chi connectivity index (χ0) is 12.4. The Morgan fingerprint density at radius 3 is 2.72 bits per heavy atom. The normalized spacial score (nSPS) is 30.3. The van der Waals surface area contributed by atoms with Gasteiger partial charge in [-0.2, -0.15) is 0 Å². The number of fused-ring (bicyclic) bond motifs is 2. The van der Waals surface area contributed by atoms with Gasteiger partial charge in [-0.15, -0.1) is 0 Å². The monoisotopic (exact) mass is 244 g/mol. The van der Waals surface area contributed by atoms with E-state index >= 15 is 0 Å². The Balaban J connectivity index is 1.52. The zero-order valence-electron chi connectivity index (χ0n) is 10.6. The molecule has 0 amide bonds. The molecule has 3 rings (SSSR count). The Kier molecular flexibility index (Phi) is 3.41. The minimum absolute atomic E-state index is 0.347. The van der Waals surface area contributed by atoms with Crippen molar-refractivity contribution in [3.8, 4) is 0 Å². The number of carbonyl (C=O) groups is 1. The summed E-state index contributed by atoms with van der Waals surface area (Å²) in [5, 5.41) is 3.62. The molecule has 3 nitrogen and oxygen atoms in total. The number of carbonyl (C=O) groups excluding carboxylic acids is 1. The Labute approximate surface area is 108 Å². The first-order valence-electron chi connectivity index (χ1n) is 6.97. The van der Waals surface area contributed by atoms with Crippen LogP contribution in [-0.4, -0.2) is 22.9 Å². The molecule has 1 aromatic rings. The quantitative estimate of drug-likeness (QED) is 0.882. The second kappa shape index (κ2) is 5.19. The summed E-state index contributed by atoms with van der Waals surface area (Å²) in [5.74, 6) is 0.944. The fourth-order valence-corrected chi connectivity index (χ4v) is 3.44. The molecule has 2 aliphatic heterocycles. The molecule has 0 radical (unpaired) electrons. The Morgan fingerprint density at radius 2 is 2.06 bits per heavy atom. The predicted molar refractivity (Wildman–Crippen MR) is 70.2 cm³/mol. The highest BCUT2D eigenvalue weighted by molar-refractivity contribution is 5.80. The molecule has 96 valence electrons. The van der Waals surface area contributed by atoms with Gasteiger partial charge >= 0.3 is 0 Å². The molecule has 0 aromatic carbocycles. The van der Waals surface area contributed by atoms with E-state index in [1.54, 1.807) is 6.20 Å². The number of Topliss-reactive ketones (excluding diaryl/α,β-unsaturated/α-hetero) is 1. The molecule has 2 saturated heterocycles. The summed E-state index contributed by atoms with van der Waals surface area (Å²) < 4.78 is 0. The average molecular weight is 244 g/mol. The summed E-state index contributed by atoms with van der Waals surface area (Å²) in [7, 11) is 0. The maximum atomic E-state index is 12.1. The summed E-state index contributed by atoms with van der Waals surface area (Å²) in [4.78, 5) is 16.3. The lowest BCUT2D eigenvalue weighted by atomic mass is 9.87. The van der Waals surface area contributed by atoms with Gasteiger partial charge in [0.05, 0.1) is 0 Å². The van der Waals surface area contributed by atoms with Crippen molar-refractivity contribution < 1.29 is 4.79 Å². The predicted octanol–water partition coefficient (Wildman–Crippen LogP) is 2.11. The van der Waals surface area contributed by atoms with Crippen LogP contribution in [0.4, 0.5) is 0 Å². The Morgan fingerprint density at radius 1 is 1.28 bits per heavy atom. The van der Waals surface area contributed by atoms with Gasteiger partial charge in [-0.05, 0) is 43.7 Å². The molecule has 1 N–H and O–H groups in total. The Bertz CT molecular complexity index is 406. The summed E-state index contributed by atoms with van der Waals surface area (Å²) >= 11 is 0. The summed E-state index contributed by atoms with van der Waals surface area (Å²) in [5.41, 5.74) is 0.902. The second-order valence-corrected chi connectivity index (χ2v) is 5.72. The van der Waals surface area contributed by atoms with Crippen LogP contribution in [0.2, 0.25) is 0 Å². The van der Waals surface area contributed by atoms with Crippen LogP contribution >= 0.6 is 0 Å². The molecule has 2 atom stereocenters. The molecular weight excluding hydrogens is 224 g/mol. The van der Waals surface area contributed by atoms with Crippen LogP contribution < -0.4 is 5.32 Å². The van der Waals surface area contributed by atoms with Gasteiger partial charge in [0.2, 0.25) is 0 Å². The van der Waals surface area contributed by atoms with Crippen molar-refractivity contribution in [1.82, 2.24) is 10.3 Å². The van der Waals surface area contributed by atoms with Gasteiger partial charge in [0.25, 0.3) is 0 Å². The molecule has 2 aliphatic rings. The third-order valence-corrected chi connectivity index (χ3v) is 4.19. The van der Waals surface area contributed by atoms with Crippen LogP contribution in [-0.2, 0) is 11.2 Å². The van der Waals surface area contributed by atoms with Crippen LogP contribution in [0.3, 0.4) is 0 Å². The number of hydrogen-bond acceptors (Lipinski definition) is 3. The molecule has 2 bridgehead atoms. The topological polar surface area (TPSA) is 42.0 Å². The van der Waals surface area contributed by atoms with E-state index in [4.69, 9.17) is 0 Å². The molecule has 3 heteroatoms. The molecule has 3 heterocycles. The van der Waals surface area contributed by atoms with Gasteiger partial charge in [-0.1, -0.05) is 6.07 Å². The molecule has 2 fully saturated rings. The molecular formula is C15H20N2O. The van der Waals surface area contributed by atoms with Gasteiger partial charge < -0.3 is 5.32 Å². The van der Waals surface area contributed by atoms with Crippen LogP contribution in [0, 0.1) is 5.92 Å². The smallest absolute Gasteiger partial charge is 0.139 e. The van der Waals surface area contributed by atoms with Crippen molar-refractivity contribution in [2.75, 3.05) is 0 Å². The number of pyridine rings is 1. The highest BCUT2D eigenvalue weighted by Crippen LogP contribution is 2.32. The van der Waals surface area contributed by atoms with Gasteiger partial charge in [-0.3, -0.25) is 9.78 Å². The highest BCUT2D eigenvalue weighted by Gasteiger charge is 2.33. The molecule has 2 unspecified atom stereocenters. The Hall–Kier alpha value is -1.22. The van der Waals surface area contributed by atoms with Gasteiger partial charge in [0.15, 0.2) is 0 Å². The first-order chi connectivity index (χ1) is 8.79. The minimum Gasteiger partial charge on any atom is -0.311 e. The van der Waals surface area contributed by atoms with E-state index < -0.39 is 0 Å². The molecule has 0 spiro atoms. The third-order valence-electron chi connectivity index (χ3n) is 4.19. The van der Waals surface area contributed by atoms with Crippen LogP contribution in [0.15, 0.2) is 24.4 Å². The lowest BCUT2D eigenvalue weighted by molar-refractivity contribution is -0.119. The van der Waals surface area contributed by atoms with Crippen molar-refractivity contribution in [3.63, 3.8) is 0 Å². The van der Waals surface area contributed by atoms with Gasteiger partial charge in [0, 0.05) is 36.8 Å². The summed E-state index contributed by atoms with van der Waals surface area (Å²) in [6.45, 7) is 0. The fourth-order valence-electron chi connectivity index (χ4n) is 3.44. The van der Waals surface area contributed by atoms with E-state index in [2.05, 4.69) is 10.3 Å². The lowest BCUT2D eigenvalue weighted by Gasteiger charge is -2.28. The van der Waals surface area contributed by atoms with Crippen LogP contribution in [0.5, 0.6) is 0 Å². The molecule has 0 saturated carbocycles. The number of piperidine rings is 1. The number of nitrogens with one attached hydrogen (secondary N) is 1. The van der Waals surface area contributed by atoms with Crippen molar-refractivity contribution in [2.45, 2.75) is 50.6 Å². The number of rotatable bonds is 4. The SMILES string of the molecule is O=C(Cc1ccccn1)CC1CC2CCC(C1)N2. The van der Waals surface area contributed by atoms with E-state index in [1.807, 2.05) is 18.2 Å². The molecule has 18 heavy (non-hydrogen) atoms. The van der Waals surface area contributed by atoms with E-state index in [0.717, 1.165) is 12.1 Å². The molecule has 1 aromatic heterocycles. The maximum Gasteiger partial charge on any atom is 0.139 e. The van der Waals surface area contributed by atoms with E-state index in [9.17, 15) is 4.79 Å². The van der Waals surface area contributed by atoms with Gasteiger partial charge in [-0.25, -0.2) is 0 Å². The van der Waals surface area contributed by atoms with Crippen molar-refractivity contribution in [3.05, 3.63) is 30.1 Å². The second-order valence-electron chi connectivity index (χ2n) is 5.72. The minimum atomic E-state index is 0.347. The maximum absolute atomic E-state index is 12.1. The number of ketones is 1. The van der Waals surface area contributed by atoms with Crippen molar-refractivity contribution in [2.24, 2.45) is 5.92 Å². The first-order valence-corrected chi connectivity index (χ1v) is 6.97. The van der Waals surface area contributed by atoms with Gasteiger partial charge in [0.1, 0.15) is 5.78 Å². The largest absolute Gasteiger partial charge is 0.311 e.